The van der Waals surface area contributed by atoms with Gasteiger partial charge in [-0.1, -0.05) is 13.8 Å². The molecule has 202 valence electrons. The zero-order valence-corrected chi connectivity index (χ0v) is 21.4. The fourth-order valence-corrected chi connectivity index (χ4v) is 3.06. The predicted octanol–water partition coefficient (Wildman–Crippen LogP) is -0.824. The van der Waals surface area contributed by atoms with Crippen LogP contribution < -0.4 is 27.0 Å². The SMILES string of the molecule is CC(=O)N[C@H](C(=O)N[C@@H](CCCNC(N)=O)C(=O)N[C@@H](CCC(=O)C=[N+]=N)C(=O)OC(C)C)C(C)C. The highest BCUT2D eigenvalue weighted by molar-refractivity contribution is 6.25. The lowest BCUT2D eigenvalue weighted by molar-refractivity contribution is -0.152. The Bertz CT molecular complexity index is 854. The molecule has 0 rings (SSSR count). The summed E-state index contributed by atoms with van der Waals surface area (Å²) in [7, 11) is 0. The minimum absolute atomic E-state index is 0.0686. The van der Waals surface area contributed by atoms with E-state index in [4.69, 9.17) is 16.0 Å². The lowest BCUT2D eigenvalue weighted by Crippen LogP contribution is -2.57. The van der Waals surface area contributed by atoms with Crippen molar-refractivity contribution < 1.29 is 38.3 Å². The van der Waals surface area contributed by atoms with Crippen LogP contribution in [0.3, 0.4) is 0 Å². The third kappa shape index (κ3) is 13.8. The molecule has 0 aromatic heterocycles. The molecular weight excluding hydrogens is 474 g/mol. The fraction of sp³-hybridized carbons (Fsp3) is 0.682. The molecule has 36 heavy (non-hydrogen) atoms. The summed E-state index contributed by atoms with van der Waals surface area (Å²) in [5, 5.41) is 10.0. The van der Waals surface area contributed by atoms with Crippen LogP contribution >= 0.6 is 0 Å². The first-order chi connectivity index (χ1) is 16.8. The monoisotopic (exact) mass is 512 g/mol. The summed E-state index contributed by atoms with van der Waals surface area (Å²) in [5.74, 6) is -3.32. The van der Waals surface area contributed by atoms with Crippen LogP contribution in [0.4, 0.5) is 4.79 Å². The van der Waals surface area contributed by atoms with Crippen LogP contribution in [0.15, 0.2) is 0 Å². The molecule has 0 saturated carbocycles. The van der Waals surface area contributed by atoms with Crippen molar-refractivity contribution in [1.82, 2.24) is 21.3 Å². The molecule has 0 aromatic carbocycles. The molecule has 0 aliphatic rings. The standard InChI is InChI=1S/C22H37N7O7/c1-12(2)18(27-14(5)30)20(33)28-16(7-6-10-25-22(23)35)19(32)29-17(21(34)36-13(3)4)9-8-15(31)11-26-24/h11-13,16-18,24H,6-10H2,1-5H3,(H5-,23,25,27,28,29,30,32,33,35)/p+1/t16-,17-,18-/m0/s1. The Labute approximate surface area is 210 Å². The molecule has 0 unspecified atom stereocenters. The van der Waals surface area contributed by atoms with Crippen molar-refractivity contribution in [3.05, 3.63) is 0 Å². The Morgan fingerprint density at radius 3 is 2.06 bits per heavy atom. The Balaban J connectivity index is 5.69. The number of esters is 1. The topological polar surface area (TPSA) is 224 Å². The molecule has 14 heteroatoms. The molecule has 0 aromatic rings. The molecular formula is C22H38N7O7+. The second kappa shape index (κ2) is 16.8. The third-order valence-corrected chi connectivity index (χ3v) is 4.75. The van der Waals surface area contributed by atoms with E-state index < -0.39 is 59.7 Å². The first kappa shape index (κ1) is 32.2. The quantitative estimate of drug-likeness (QED) is 0.0506. The number of nitrogens with zero attached hydrogens (tertiary/aromatic N) is 1. The lowest BCUT2D eigenvalue weighted by atomic mass is 10.0. The molecule has 0 fully saturated rings. The number of amides is 5. The molecule has 0 aliphatic heterocycles. The van der Waals surface area contributed by atoms with Crippen LogP contribution in [-0.4, -0.2) is 77.3 Å². The molecule has 0 bridgehead atoms. The molecule has 0 saturated heterocycles. The van der Waals surface area contributed by atoms with Gasteiger partial charge in [-0.25, -0.2) is 9.59 Å². The number of Topliss-reactive ketones (excluding diaryl/α,β-unsaturated/α-hetero) is 1. The van der Waals surface area contributed by atoms with Crippen LogP contribution in [0.5, 0.6) is 0 Å². The minimum atomic E-state index is -1.21. The van der Waals surface area contributed by atoms with Gasteiger partial charge in [0.15, 0.2) is 0 Å². The first-order valence-corrected chi connectivity index (χ1v) is 11.6. The highest BCUT2D eigenvalue weighted by atomic mass is 16.5. The Kier molecular flexibility index (Phi) is 15.0. The zero-order chi connectivity index (χ0) is 27.8. The van der Waals surface area contributed by atoms with Gasteiger partial charge in [0.05, 0.1) is 16.4 Å². The van der Waals surface area contributed by atoms with E-state index in [9.17, 15) is 28.8 Å². The van der Waals surface area contributed by atoms with Gasteiger partial charge in [-0.15, -0.1) is 0 Å². The van der Waals surface area contributed by atoms with Crippen LogP contribution in [0.2, 0.25) is 0 Å². The average molecular weight is 513 g/mol. The van der Waals surface area contributed by atoms with E-state index in [1.807, 2.05) is 0 Å². The van der Waals surface area contributed by atoms with E-state index in [-0.39, 0.29) is 38.1 Å². The number of ether oxygens (including phenoxy) is 1. The van der Waals surface area contributed by atoms with Crippen molar-refractivity contribution in [2.24, 2.45) is 11.7 Å². The summed E-state index contributed by atoms with van der Waals surface area (Å²) in [5.41, 5.74) is 11.8. The van der Waals surface area contributed by atoms with E-state index in [0.29, 0.717) is 0 Å². The molecule has 0 spiro atoms. The van der Waals surface area contributed by atoms with Crippen LogP contribution in [0, 0.1) is 11.4 Å². The normalized spacial score (nSPS) is 13.0. The van der Waals surface area contributed by atoms with Crippen molar-refractivity contribution in [2.75, 3.05) is 6.54 Å². The number of rotatable bonds is 16. The molecule has 0 aliphatic carbocycles. The van der Waals surface area contributed by atoms with E-state index >= 15 is 0 Å². The number of nitrogens with one attached hydrogen (secondary N) is 5. The van der Waals surface area contributed by atoms with Crippen LogP contribution in [0.1, 0.15) is 60.3 Å². The number of urea groups is 1. The van der Waals surface area contributed by atoms with Gasteiger partial charge in [-0.3, -0.25) is 19.2 Å². The van der Waals surface area contributed by atoms with Crippen molar-refractivity contribution in [3.63, 3.8) is 0 Å². The van der Waals surface area contributed by atoms with E-state index in [1.165, 1.54) is 6.92 Å². The minimum Gasteiger partial charge on any atom is -0.461 e. The molecule has 5 amide bonds. The highest BCUT2D eigenvalue weighted by Gasteiger charge is 2.31. The summed E-state index contributed by atoms with van der Waals surface area (Å²) in [4.78, 5) is 75.6. The van der Waals surface area contributed by atoms with Gasteiger partial charge in [-0.05, 0) is 39.0 Å². The lowest BCUT2D eigenvalue weighted by Gasteiger charge is -2.26. The molecule has 3 atom stereocenters. The fourth-order valence-electron chi connectivity index (χ4n) is 3.06. The number of hydrogen-bond donors (Lipinski definition) is 6. The second-order valence-electron chi connectivity index (χ2n) is 8.73. The van der Waals surface area contributed by atoms with Gasteiger partial charge >= 0.3 is 18.2 Å². The maximum atomic E-state index is 13.1. The van der Waals surface area contributed by atoms with Gasteiger partial charge in [0.25, 0.3) is 0 Å². The van der Waals surface area contributed by atoms with E-state index in [1.54, 1.807) is 27.7 Å². The Hall–Kier alpha value is -3.80. The smallest absolute Gasteiger partial charge is 0.372 e. The zero-order valence-electron chi connectivity index (χ0n) is 21.4. The summed E-state index contributed by atoms with van der Waals surface area (Å²) < 4.78 is 5.17. The molecule has 0 radical (unpaired) electrons. The van der Waals surface area contributed by atoms with Crippen molar-refractivity contribution in [3.8, 4) is 0 Å². The number of ketones is 1. The number of hydrogen-bond acceptors (Lipinski definition) is 8. The van der Waals surface area contributed by atoms with Gasteiger partial charge in [-0.2, -0.15) is 0 Å². The van der Waals surface area contributed by atoms with Crippen molar-refractivity contribution >= 4 is 41.7 Å². The Morgan fingerprint density at radius 1 is 0.944 bits per heavy atom. The molecule has 7 N–H and O–H groups in total. The largest absolute Gasteiger partial charge is 0.461 e. The molecule has 14 nitrogen and oxygen atoms in total. The summed E-state index contributed by atoms with van der Waals surface area (Å²) in [6, 6.07) is -4.00. The average Bonchev–Trinajstić information content (AvgIpc) is 2.75. The van der Waals surface area contributed by atoms with Crippen LogP contribution in [0.25, 0.3) is 0 Å². The van der Waals surface area contributed by atoms with E-state index in [2.05, 4.69) is 26.1 Å². The first-order valence-electron chi connectivity index (χ1n) is 11.6. The number of primary amides is 1. The van der Waals surface area contributed by atoms with Gasteiger partial charge in [0, 0.05) is 19.9 Å². The number of carbonyl (C=O) groups excluding carboxylic acids is 6. The third-order valence-electron chi connectivity index (χ3n) is 4.75. The Morgan fingerprint density at radius 2 is 1.56 bits per heavy atom. The second-order valence-corrected chi connectivity index (χ2v) is 8.73. The summed E-state index contributed by atoms with van der Waals surface area (Å²) in [6.07, 6.45) is 0.328. The van der Waals surface area contributed by atoms with Crippen molar-refractivity contribution in [2.45, 2.75) is 84.5 Å². The number of nitrogens with two attached hydrogens (primary N) is 1. The van der Waals surface area contributed by atoms with Crippen molar-refractivity contribution in [1.29, 1.82) is 5.53 Å². The number of carbonyl (C=O) groups is 6. The van der Waals surface area contributed by atoms with Gasteiger partial charge in [0.1, 0.15) is 18.1 Å². The van der Waals surface area contributed by atoms with Crippen LogP contribution in [-0.2, 0) is 28.7 Å². The summed E-state index contributed by atoms with van der Waals surface area (Å²) in [6.45, 7) is 8.09. The van der Waals surface area contributed by atoms with E-state index in [0.717, 1.165) is 6.21 Å². The van der Waals surface area contributed by atoms with Gasteiger partial charge in [0.2, 0.25) is 23.5 Å². The molecule has 0 heterocycles. The highest BCUT2D eigenvalue weighted by Crippen LogP contribution is 2.08. The summed E-state index contributed by atoms with van der Waals surface area (Å²) >= 11 is 0. The van der Waals surface area contributed by atoms with Gasteiger partial charge < -0.3 is 31.7 Å². The maximum absolute atomic E-state index is 13.1. The predicted molar refractivity (Wildman–Crippen MR) is 128 cm³/mol. The maximum Gasteiger partial charge on any atom is 0.372 e.